The molecule has 0 atom stereocenters. The lowest BCUT2D eigenvalue weighted by Gasteiger charge is -2.21. The molecule has 3 rings (SSSR count). The van der Waals surface area contributed by atoms with Crippen LogP contribution in [0.4, 0.5) is 11.4 Å². The Labute approximate surface area is 189 Å². The lowest BCUT2D eigenvalue weighted by atomic mass is 10.1. The van der Waals surface area contributed by atoms with Crippen LogP contribution in [0.3, 0.4) is 0 Å². The number of para-hydroxylation sites is 1. The minimum absolute atomic E-state index is 0.0397. The van der Waals surface area contributed by atoms with Gasteiger partial charge in [0, 0.05) is 37.1 Å². The fourth-order valence-electron chi connectivity index (χ4n) is 3.61. The highest BCUT2D eigenvalue weighted by Crippen LogP contribution is 2.26. The summed E-state index contributed by atoms with van der Waals surface area (Å²) in [4.78, 5) is 14.9. The summed E-state index contributed by atoms with van der Waals surface area (Å²) in [5, 5.41) is 12.4. The quantitative estimate of drug-likeness (QED) is 0.481. The SMILES string of the molecule is CCc1cccc(C)c1NC(=O)CSc1nnc(-c2ccc(N(CC)CC)cc2)n1C. The van der Waals surface area contributed by atoms with E-state index in [1.807, 2.05) is 30.7 Å². The molecule has 1 aromatic heterocycles. The number of rotatable bonds is 9. The molecule has 3 aromatic rings. The predicted octanol–water partition coefficient (Wildman–Crippen LogP) is 4.93. The highest BCUT2D eigenvalue weighted by atomic mass is 32.2. The smallest absolute Gasteiger partial charge is 0.234 e. The summed E-state index contributed by atoms with van der Waals surface area (Å²) in [6.07, 6.45) is 0.879. The van der Waals surface area contributed by atoms with Crippen LogP contribution in [-0.2, 0) is 18.3 Å². The van der Waals surface area contributed by atoms with Crippen molar-refractivity contribution in [2.75, 3.05) is 29.1 Å². The second-order valence-corrected chi connectivity index (χ2v) is 8.33. The Hall–Kier alpha value is -2.80. The molecule has 31 heavy (non-hydrogen) atoms. The molecule has 7 heteroatoms. The molecule has 164 valence electrons. The zero-order valence-corrected chi connectivity index (χ0v) is 19.8. The van der Waals surface area contributed by atoms with Gasteiger partial charge in [0.2, 0.25) is 5.91 Å². The van der Waals surface area contributed by atoms with Gasteiger partial charge in [-0.25, -0.2) is 0 Å². The third-order valence-corrected chi connectivity index (χ3v) is 6.45. The van der Waals surface area contributed by atoms with Gasteiger partial charge < -0.3 is 14.8 Å². The number of hydrogen-bond acceptors (Lipinski definition) is 5. The maximum absolute atomic E-state index is 12.6. The first-order valence-corrected chi connectivity index (χ1v) is 11.7. The van der Waals surface area contributed by atoms with E-state index < -0.39 is 0 Å². The second kappa shape index (κ2) is 10.5. The van der Waals surface area contributed by atoms with Gasteiger partial charge in [-0.1, -0.05) is 36.9 Å². The molecule has 0 unspecified atom stereocenters. The summed E-state index contributed by atoms with van der Waals surface area (Å²) in [5.41, 5.74) is 5.35. The average molecular weight is 438 g/mol. The minimum atomic E-state index is -0.0397. The lowest BCUT2D eigenvalue weighted by Crippen LogP contribution is -2.21. The molecule has 0 fully saturated rings. The van der Waals surface area contributed by atoms with Crippen molar-refractivity contribution in [3.63, 3.8) is 0 Å². The number of nitrogens with one attached hydrogen (secondary N) is 1. The summed E-state index contributed by atoms with van der Waals surface area (Å²) in [5.74, 6) is 1.04. The Morgan fingerprint density at radius 1 is 1.06 bits per heavy atom. The van der Waals surface area contributed by atoms with Crippen LogP contribution in [-0.4, -0.2) is 39.5 Å². The Kier molecular flexibility index (Phi) is 7.74. The van der Waals surface area contributed by atoms with Gasteiger partial charge >= 0.3 is 0 Å². The molecule has 0 saturated heterocycles. The standard InChI is InChI=1S/C24H31N5OS/c1-6-18-11-9-10-17(4)22(18)25-21(30)16-31-24-27-26-23(28(24)5)19-12-14-20(15-13-19)29(7-2)8-3/h9-15H,6-8,16H2,1-5H3,(H,25,30). The molecule has 0 bridgehead atoms. The summed E-state index contributed by atoms with van der Waals surface area (Å²) in [6, 6.07) is 14.5. The van der Waals surface area contributed by atoms with Gasteiger partial charge in [0.1, 0.15) is 0 Å². The first-order valence-electron chi connectivity index (χ1n) is 10.7. The second-order valence-electron chi connectivity index (χ2n) is 7.38. The zero-order chi connectivity index (χ0) is 22.4. The molecule has 0 aliphatic rings. The Morgan fingerprint density at radius 3 is 2.42 bits per heavy atom. The molecule has 0 aliphatic carbocycles. The number of thioether (sulfide) groups is 1. The molecule has 1 amide bonds. The average Bonchev–Trinajstić information content (AvgIpc) is 3.15. The largest absolute Gasteiger partial charge is 0.372 e. The number of aromatic nitrogens is 3. The van der Waals surface area contributed by atoms with Crippen LogP contribution in [0.5, 0.6) is 0 Å². The summed E-state index contributed by atoms with van der Waals surface area (Å²) in [6.45, 7) is 10.4. The van der Waals surface area contributed by atoms with E-state index in [0.717, 1.165) is 52.9 Å². The van der Waals surface area contributed by atoms with Gasteiger partial charge in [0.25, 0.3) is 0 Å². The number of carbonyl (C=O) groups excluding carboxylic acids is 1. The van der Waals surface area contributed by atoms with E-state index in [-0.39, 0.29) is 11.7 Å². The predicted molar refractivity (Wildman–Crippen MR) is 130 cm³/mol. The topological polar surface area (TPSA) is 63.1 Å². The van der Waals surface area contributed by atoms with E-state index in [9.17, 15) is 4.79 Å². The number of amides is 1. The maximum atomic E-state index is 12.6. The van der Waals surface area contributed by atoms with Crippen LogP contribution in [0.1, 0.15) is 31.9 Å². The van der Waals surface area contributed by atoms with Crippen LogP contribution in [0.25, 0.3) is 11.4 Å². The number of carbonyl (C=O) groups is 1. The van der Waals surface area contributed by atoms with Crippen molar-refractivity contribution in [1.29, 1.82) is 0 Å². The Morgan fingerprint density at radius 2 is 1.77 bits per heavy atom. The summed E-state index contributed by atoms with van der Waals surface area (Å²) in [7, 11) is 1.93. The molecule has 0 spiro atoms. The van der Waals surface area contributed by atoms with Gasteiger partial charge in [0.05, 0.1) is 5.75 Å². The first-order chi connectivity index (χ1) is 15.0. The zero-order valence-electron chi connectivity index (χ0n) is 19.0. The van der Waals surface area contributed by atoms with E-state index in [1.165, 1.54) is 17.4 Å². The van der Waals surface area contributed by atoms with Crippen LogP contribution < -0.4 is 10.2 Å². The molecule has 6 nitrogen and oxygen atoms in total. The van der Waals surface area contributed by atoms with E-state index in [1.54, 1.807) is 0 Å². The van der Waals surface area contributed by atoms with Crippen molar-refractivity contribution in [3.05, 3.63) is 53.6 Å². The molecule has 0 radical (unpaired) electrons. The fraction of sp³-hybridized carbons (Fsp3) is 0.375. The minimum Gasteiger partial charge on any atom is -0.372 e. The number of anilines is 2. The third-order valence-electron chi connectivity index (χ3n) is 5.43. The van der Waals surface area contributed by atoms with Gasteiger partial charge in [-0.2, -0.15) is 0 Å². The van der Waals surface area contributed by atoms with Crippen molar-refractivity contribution < 1.29 is 4.79 Å². The van der Waals surface area contributed by atoms with Gasteiger partial charge in [0.15, 0.2) is 11.0 Å². The third kappa shape index (κ3) is 5.28. The van der Waals surface area contributed by atoms with E-state index in [0.29, 0.717) is 0 Å². The number of nitrogens with zero attached hydrogens (tertiary/aromatic N) is 4. The molecular formula is C24H31N5OS. The monoisotopic (exact) mass is 437 g/mol. The Bertz CT molecular complexity index is 1020. The van der Waals surface area contributed by atoms with E-state index in [4.69, 9.17) is 0 Å². The first kappa shape index (κ1) is 22.9. The van der Waals surface area contributed by atoms with E-state index in [2.05, 4.69) is 71.5 Å². The highest BCUT2D eigenvalue weighted by molar-refractivity contribution is 7.99. The van der Waals surface area contributed by atoms with Crippen molar-refractivity contribution in [2.24, 2.45) is 7.05 Å². The molecule has 1 N–H and O–H groups in total. The van der Waals surface area contributed by atoms with E-state index >= 15 is 0 Å². The van der Waals surface area contributed by atoms with Gasteiger partial charge in [-0.05, 0) is 62.6 Å². The summed E-state index contributed by atoms with van der Waals surface area (Å²) < 4.78 is 1.94. The van der Waals surface area contributed by atoms with Crippen LogP contribution in [0, 0.1) is 6.92 Å². The van der Waals surface area contributed by atoms with Crippen LogP contribution in [0.2, 0.25) is 0 Å². The lowest BCUT2D eigenvalue weighted by molar-refractivity contribution is -0.113. The molecule has 2 aromatic carbocycles. The van der Waals surface area contributed by atoms with Crippen molar-refractivity contribution >= 4 is 29.0 Å². The normalized spacial score (nSPS) is 10.9. The number of benzene rings is 2. The molecular weight excluding hydrogens is 406 g/mol. The Balaban J connectivity index is 1.66. The van der Waals surface area contributed by atoms with Crippen molar-refractivity contribution in [2.45, 2.75) is 39.3 Å². The van der Waals surface area contributed by atoms with Crippen LogP contribution >= 0.6 is 11.8 Å². The number of hydrogen-bond donors (Lipinski definition) is 1. The van der Waals surface area contributed by atoms with Crippen molar-refractivity contribution in [1.82, 2.24) is 14.8 Å². The maximum Gasteiger partial charge on any atom is 0.234 e. The van der Waals surface area contributed by atoms with Gasteiger partial charge in [-0.3, -0.25) is 4.79 Å². The molecule has 1 heterocycles. The van der Waals surface area contributed by atoms with Crippen molar-refractivity contribution in [3.8, 4) is 11.4 Å². The molecule has 0 aliphatic heterocycles. The summed E-state index contributed by atoms with van der Waals surface area (Å²) >= 11 is 1.39. The van der Waals surface area contributed by atoms with Gasteiger partial charge in [-0.15, -0.1) is 10.2 Å². The van der Waals surface area contributed by atoms with Crippen LogP contribution in [0.15, 0.2) is 47.6 Å². The highest BCUT2D eigenvalue weighted by Gasteiger charge is 2.15. The fourth-order valence-corrected chi connectivity index (χ4v) is 4.32. The number of aryl methyl sites for hydroxylation is 2. The molecule has 0 saturated carbocycles.